The average molecular weight is 315 g/mol. The molecule has 1 aromatic heterocycles. The van der Waals surface area contributed by atoms with E-state index in [1.807, 2.05) is 20.8 Å². The Hall–Kier alpha value is -1.67. The fourth-order valence-corrected chi connectivity index (χ4v) is 2.83. The summed E-state index contributed by atoms with van der Waals surface area (Å²) in [6, 6.07) is -1.72. The molecular formula is C13H21N3O4S. The zero-order valence-corrected chi connectivity index (χ0v) is 13.4. The molecule has 0 aliphatic heterocycles. The smallest absolute Gasteiger partial charge is 0.326 e. The van der Waals surface area contributed by atoms with Crippen molar-refractivity contribution < 1.29 is 19.4 Å². The Morgan fingerprint density at radius 1 is 1.38 bits per heavy atom. The van der Waals surface area contributed by atoms with Crippen LogP contribution in [0.2, 0.25) is 0 Å². The molecule has 7 nitrogen and oxygen atoms in total. The van der Waals surface area contributed by atoms with Gasteiger partial charge in [-0.1, -0.05) is 0 Å². The number of nitrogens with zero attached hydrogens (tertiary/aromatic N) is 1. The number of nitrogens with one attached hydrogen (secondary N) is 2. The molecule has 3 N–H and O–H groups in total. The Labute approximate surface area is 127 Å². The van der Waals surface area contributed by atoms with E-state index in [1.54, 1.807) is 0 Å². The fraction of sp³-hybridized carbons (Fsp3) is 0.615. The Morgan fingerprint density at radius 2 is 2.05 bits per heavy atom. The normalized spacial score (nSPS) is 13.5. The first-order chi connectivity index (χ1) is 9.85. The van der Waals surface area contributed by atoms with E-state index in [0.717, 1.165) is 15.6 Å². The van der Waals surface area contributed by atoms with Crippen molar-refractivity contribution in [3.63, 3.8) is 0 Å². The number of hydrogen-bond donors (Lipinski definition) is 3. The SMILES string of the molecule is COCCC(NC(=O)NC(C)c1sc(C)nc1C)C(=O)O. The van der Waals surface area contributed by atoms with Crippen LogP contribution in [0, 0.1) is 13.8 Å². The molecule has 1 heterocycles. The Morgan fingerprint density at radius 3 is 2.52 bits per heavy atom. The molecule has 0 aliphatic rings. The number of carboxylic acid groups (broad SMARTS) is 1. The monoisotopic (exact) mass is 315 g/mol. The molecule has 21 heavy (non-hydrogen) atoms. The van der Waals surface area contributed by atoms with Gasteiger partial charge in [-0.15, -0.1) is 11.3 Å². The van der Waals surface area contributed by atoms with Crippen LogP contribution in [-0.2, 0) is 9.53 Å². The maximum Gasteiger partial charge on any atom is 0.326 e. The molecule has 0 saturated carbocycles. The van der Waals surface area contributed by atoms with Gasteiger partial charge in [0, 0.05) is 25.0 Å². The van der Waals surface area contributed by atoms with Gasteiger partial charge in [0.25, 0.3) is 0 Å². The van der Waals surface area contributed by atoms with E-state index in [-0.39, 0.29) is 19.1 Å². The lowest BCUT2D eigenvalue weighted by Gasteiger charge is -2.17. The molecule has 2 unspecified atom stereocenters. The number of hydrogen-bond acceptors (Lipinski definition) is 5. The van der Waals surface area contributed by atoms with Crippen LogP contribution in [0.5, 0.6) is 0 Å². The number of rotatable bonds is 7. The summed E-state index contributed by atoms with van der Waals surface area (Å²) in [4.78, 5) is 28.2. The number of carbonyl (C=O) groups excluding carboxylic acids is 1. The quantitative estimate of drug-likeness (QED) is 0.709. The second-order valence-corrected chi connectivity index (χ2v) is 5.93. The number of methoxy groups -OCH3 is 1. The highest BCUT2D eigenvalue weighted by atomic mass is 32.1. The number of amides is 2. The standard InChI is InChI=1S/C13H21N3O4S/c1-7-11(21-9(3)14-7)8(2)15-13(19)16-10(12(17)18)5-6-20-4/h8,10H,5-6H2,1-4H3,(H,17,18)(H2,15,16,19). The highest BCUT2D eigenvalue weighted by Crippen LogP contribution is 2.24. The number of aryl methyl sites for hydroxylation is 2. The minimum atomic E-state index is -1.08. The van der Waals surface area contributed by atoms with Crippen LogP contribution in [0.1, 0.15) is 35.0 Å². The summed E-state index contributed by atoms with van der Waals surface area (Å²) in [7, 11) is 1.48. The minimum absolute atomic E-state index is 0.215. The van der Waals surface area contributed by atoms with Gasteiger partial charge in [0.05, 0.1) is 16.7 Å². The second-order valence-electron chi connectivity index (χ2n) is 4.69. The van der Waals surface area contributed by atoms with Crippen molar-refractivity contribution in [3.05, 3.63) is 15.6 Å². The van der Waals surface area contributed by atoms with E-state index < -0.39 is 18.0 Å². The molecule has 0 fully saturated rings. The summed E-state index contributed by atoms with van der Waals surface area (Å²) >= 11 is 1.51. The van der Waals surface area contributed by atoms with Crippen molar-refractivity contribution in [2.24, 2.45) is 0 Å². The molecule has 0 spiro atoms. The van der Waals surface area contributed by atoms with Crippen molar-refractivity contribution >= 4 is 23.3 Å². The number of ether oxygens (including phenoxy) is 1. The number of carboxylic acids is 1. The summed E-state index contributed by atoms with van der Waals surface area (Å²) in [5.74, 6) is -1.08. The maximum absolute atomic E-state index is 11.9. The average Bonchev–Trinajstić information content (AvgIpc) is 2.73. The zero-order valence-electron chi connectivity index (χ0n) is 12.6. The van der Waals surface area contributed by atoms with Gasteiger partial charge in [-0.3, -0.25) is 0 Å². The molecule has 0 saturated heterocycles. The summed E-state index contributed by atoms with van der Waals surface area (Å²) < 4.78 is 4.83. The molecule has 1 rings (SSSR count). The minimum Gasteiger partial charge on any atom is -0.480 e. The first kappa shape index (κ1) is 17.4. The van der Waals surface area contributed by atoms with Crippen LogP contribution in [0.4, 0.5) is 4.79 Å². The predicted octanol–water partition coefficient (Wildman–Crippen LogP) is 1.61. The van der Waals surface area contributed by atoms with Gasteiger partial charge < -0.3 is 20.5 Å². The predicted molar refractivity (Wildman–Crippen MR) is 79.6 cm³/mol. The van der Waals surface area contributed by atoms with E-state index in [4.69, 9.17) is 9.84 Å². The van der Waals surface area contributed by atoms with Crippen LogP contribution in [0.15, 0.2) is 0 Å². The fourth-order valence-electron chi connectivity index (χ4n) is 1.90. The number of urea groups is 1. The van der Waals surface area contributed by atoms with Crippen molar-refractivity contribution in [2.45, 2.75) is 39.3 Å². The van der Waals surface area contributed by atoms with E-state index in [0.29, 0.717) is 0 Å². The lowest BCUT2D eigenvalue weighted by Crippen LogP contribution is -2.47. The third-order valence-corrected chi connectivity index (χ3v) is 4.15. The lowest BCUT2D eigenvalue weighted by molar-refractivity contribution is -0.139. The van der Waals surface area contributed by atoms with Crippen LogP contribution in [-0.4, -0.2) is 41.8 Å². The molecule has 1 aromatic rings. The number of carbonyl (C=O) groups is 2. The summed E-state index contributed by atoms with van der Waals surface area (Å²) in [5.41, 5.74) is 0.875. The van der Waals surface area contributed by atoms with Crippen LogP contribution in [0.25, 0.3) is 0 Å². The van der Waals surface area contributed by atoms with E-state index in [1.165, 1.54) is 18.4 Å². The van der Waals surface area contributed by atoms with Crippen LogP contribution < -0.4 is 10.6 Å². The second kappa shape index (κ2) is 7.94. The van der Waals surface area contributed by atoms with Gasteiger partial charge in [0.2, 0.25) is 0 Å². The van der Waals surface area contributed by atoms with Gasteiger partial charge in [-0.05, 0) is 20.8 Å². The molecule has 0 bridgehead atoms. The topological polar surface area (TPSA) is 101 Å². The summed E-state index contributed by atoms with van der Waals surface area (Å²) in [6.07, 6.45) is 0.215. The Balaban J connectivity index is 2.59. The number of thiazole rings is 1. The highest BCUT2D eigenvalue weighted by molar-refractivity contribution is 7.11. The zero-order chi connectivity index (χ0) is 16.0. The lowest BCUT2D eigenvalue weighted by atomic mass is 10.2. The Kier molecular flexibility index (Phi) is 6.57. The van der Waals surface area contributed by atoms with Gasteiger partial charge in [0.1, 0.15) is 6.04 Å². The third-order valence-electron chi connectivity index (χ3n) is 2.89. The largest absolute Gasteiger partial charge is 0.480 e. The highest BCUT2D eigenvalue weighted by Gasteiger charge is 2.21. The van der Waals surface area contributed by atoms with Crippen molar-refractivity contribution in [1.82, 2.24) is 15.6 Å². The van der Waals surface area contributed by atoms with Gasteiger partial charge >= 0.3 is 12.0 Å². The molecular weight excluding hydrogens is 294 g/mol. The first-order valence-corrected chi connectivity index (χ1v) is 7.39. The molecule has 0 aliphatic carbocycles. The molecule has 0 aromatic carbocycles. The number of aliphatic carboxylic acids is 1. The molecule has 0 radical (unpaired) electrons. The molecule has 8 heteroatoms. The van der Waals surface area contributed by atoms with E-state index >= 15 is 0 Å². The van der Waals surface area contributed by atoms with Crippen molar-refractivity contribution in [3.8, 4) is 0 Å². The van der Waals surface area contributed by atoms with Gasteiger partial charge in [-0.25, -0.2) is 14.6 Å². The molecule has 118 valence electrons. The number of aromatic nitrogens is 1. The van der Waals surface area contributed by atoms with Gasteiger partial charge in [-0.2, -0.15) is 0 Å². The van der Waals surface area contributed by atoms with Gasteiger partial charge in [0.15, 0.2) is 0 Å². The maximum atomic E-state index is 11.9. The van der Waals surface area contributed by atoms with Crippen LogP contribution in [0.3, 0.4) is 0 Å². The Bertz CT molecular complexity index is 504. The molecule has 2 amide bonds. The van der Waals surface area contributed by atoms with E-state index in [2.05, 4.69) is 15.6 Å². The van der Waals surface area contributed by atoms with Crippen molar-refractivity contribution in [2.75, 3.05) is 13.7 Å². The third kappa shape index (κ3) is 5.31. The molecule has 2 atom stereocenters. The van der Waals surface area contributed by atoms with Crippen molar-refractivity contribution in [1.29, 1.82) is 0 Å². The van der Waals surface area contributed by atoms with E-state index in [9.17, 15) is 9.59 Å². The summed E-state index contributed by atoms with van der Waals surface area (Å²) in [5, 5.41) is 15.1. The van der Waals surface area contributed by atoms with Crippen LogP contribution >= 0.6 is 11.3 Å². The first-order valence-electron chi connectivity index (χ1n) is 6.57. The summed E-state index contributed by atoms with van der Waals surface area (Å²) in [6.45, 7) is 5.89.